The van der Waals surface area contributed by atoms with Gasteiger partial charge in [-0.05, 0) is 43.7 Å². The molecule has 1 fully saturated rings. The molecule has 1 atom stereocenters. The predicted octanol–water partition coefficient (Wildman–Crippen LogP) is 2.10. The average Bonchev–Trinajstić information content (AvgIpc) is 3.73. The third-order valence-corrected chi connectivity index (χ3v) is 6.54. The van der Waals surface area contributed by atoms with Crippen LogP contribution in [0.4, 0.5) is 24.7 Å². The Hall–Kier alpha value is -5.50. The van der Waals surface area contributed by atoms with Crippen LogP contribution < -0.4 is 21.3 Å². The third-order valence-electron chi connectivity index (χ3n) is 6.54. The lowest BCUT2D eigenvalue weighted by Crippen LogP contribution is -2.42. The van der Waals surface area contributed by atoms with Crippen LogP contribution in [0.25, 0.3) is 16.9 Å². The number of alkyl halides is 3. The minimum atomic E-state index is -4.74. The highest BCUT2D eigenvalue weighted by atomic mass is 19.4. The van der Waals surface area contributed by atoms with Crippen LogP contribution in [-0.4, -0.2) is 73.2 Å². The number of nitriles is 1. The molecule has 0 unspecified atom stereocenters. The average molecular weight is 613 g/mol. The molecule has 5 N–H and O–H groups in total. The molecule has 4 aromatic rings. The Kier molecular flexibility index (Phi) is 9.75. The summed E-state index contributed by atoms with van der Waals surface area (Å²) >= 11 is 0. The first-order chi connectivity index (χ1) is 21.0. The standard InChI is InChI=1S/C26H25F3N10O2.CH2O2/c1-15-10-16(2-3-18(15)25(41)34-13-21(40)35-17-4-6-31-11-17)36-23-24-33-12-20(39(24)9-7-32-23)19-14-38(8-5-30)37-22(19)26(27,28)29;2-1-3/h2-3,7,9-10,12,14,17,31H,4,6,8,11,13H2,1H3,(H,32,36)(H,34,41)(H,35,40);1H,(H,2,3)/t17-;/m1./s1. The molecule has 0 saturated carbocycles. The van der Waals surface area contributed by atoms with Crippen LogP contribution in [0.3, 0.4) is 0 Å². The fourth-order valence-corrected chi connectivity index (χ4v) is 4.62. The summed E-state index contributed by atoms with van der Waals surface area (Å²) in [6, 6.07) is 6.80. The fourth-order valence-electron chi connectivity index (χ4n) is 4.62. The number of carboxylic acid groups (broad SMARTS) is 1. The molecule has 0 bridgehead atoms. The molecule has 4 heterocycles. The second kappa shape index (κ2) is 13.6. The van der Waals surface area contributed by atoms with E-state index in [1.54, 1.807) is 31.2 Å². The molecule has 0 radical (unpaired) electrons. The highest BCUT2D eigenvalue weighted by molar-refractivity contribution is 5.98. The normalized spacial score (nSPS) is 14.3. The Morgan fingerprint density at radius 3 is 2.73 bits per heavy atom. The van der Waals surface area contributed by atoms with Crippen LogP contribution in [-0.2, 0) is 22.3 Å². The van der Waals surface area contributed by atoms with E-state index in [2.05, 4.69) is 36.3 Å². The largest absolute Gasteiger partial charge is 0.483 e. The topological polar surface area (TPSA) is 191 Å². The number of carbonyl (C=O) groups is 3. The molecule has 17 heteroatoms. The number of imidazole rings is 1. The lowest BCUT2D eigenvalue weighted by atomic mass is 10.1. The molecule has 0 spiro atoms. The zero-order valence-corrected chi connectivity index (χ0v) is 23.2. The van der Waals surface area contributed by atoms with Gasteiger partial charge in [0, 0.05) is 42.4 Å². The van der Waals surface area contributed by atoms with E-state index in [0.717, 1.165) is 23.8 Å². The monoisotopic (exact) mass is 612 g/mol. The van der Waals surface area contributed by atoms with Crippen LogP contribution >= 0.6 is 0 Å². The van der Waals surface area contributed by atoms with Crippen molar-refractivity contribution in [3.8, 4) is 17.3 Å². The van der Waals surface area contributed by atoms with Gasteiger partial charge in [-0.1, -0.05) is 0 Å². The number of fused-ring (bicyclic) bond motifs is 1. The lowest BCUT2D eigenvalue weighted by Gasteiger charge is -2.13. The van der Waals surface area contributed by atoms with E-state index in [0.29, 0.717) is 23.4 Å². The maximum atomic E-state index is 13.7. The smallest absolute Gasteiger partial charge is 0.435 e. The number of nitrogens with one attached hydrogen (secondary N) is 4. The summed E-state index contributed by atoms with van der Waals surface area (Å²) in [6.07, 6.45) is 1.43. The molecule has 1 aliphatic heterocycles. The molecular weight excluding hydrogens is 585 g/mol. The van der Waals surface area contributed by atoms with Crippen molar-refractivity contribution in [1.29, 1.82) is 5.26 Å². The van der Waals surface area contributed by atoms with Gasteiger partial charge in [-0.2, -0.15) is 23.5 Å². The van der Waals surface area contributed by atoms with Crippen molar-refractivity contribution in [2.24, 2.45) is 0 Å². The van der Waals surface area contributed by atoms with Crippen molar-refractivity contribution in [2.75, 3.05) is 25.0 Å². The number of halogens is 3. The second-order valence-corrected chi connectivity index (χ2v) is 9.56. The number of rotatable bonds is 8. The van der Waals surface area contributed by atoms with E-state index in [-0.39, 0.29) is 54.2 Å². The number of carbonyl (C=O) groups excluding carboxylic acids is 2. The number of benzene rings is 1. The van der Waals surface area contributed by atoms with Crippen molar-refractivity contribution >= 4 is 35.4 Å². The van der Waals surface area contributed by atoms with Gasteiger partial charge in [0.1, 0.15) is 6.54 Å². The molecule has 5 rings (SSSR count). The molecule has 0 aliphatic carbocycles. The van der Waals surface area contributed by atoms with Crippen LogP contribution in [0.2, 0.25) is 0 Å². The van der Waals surface area contributed by atoms with Gasteiger partial charge in [0.05, 0.1) is 30.1 Å². The Morgan fingerprint density at radius 1 is 1.30 bits per heavy atom. The molecule has 1 aromatic carbocycles. The number of hydrogen-bond acceptors (Lipinski definition) is 9. The highest BCUT2D eigenvalue weighted by Crippen LogP contribution is 2.37. The number of hydrogen-bond donors (Lipinski definition) is 5. The molecule has 14 nitrogen and oxygen atoms in total. The zero-order valence-electron chi connectivity index (χ0n) is 23.2. The summed E-state index contributed by atoms with van der Waals surface area (Å²) in [5.41, 5.74) is 0.604. The van der Waals surface area contributed by atoms with E-state index in [1.807, 2.05) is 0 Å². The van der Waals surface area contributed by atoms with Crippen LogP contribution in [0.5, 0.6) is 0 Å². The van der Waals surface area contributed by atoms with Gasteiger partial charge >= 0.3 is 6.18 Å². The van der Waals surface area contributed by atoms with Crippen LogP contribution in [0, 0.1) is 18.3 Å². The van der Waals surface area contributed by atoms with Gasteiger partial charge in [0.2, 0.25) is 5.91 Å². The Balaban J connectivity index is 0.00000141. The van der Waals surface area contributed by atoms with E-state index >= 15 is 0 Å². The minimum absolute atomic E-state index is 0.0590. The van der Waals surface area contributed by atoms with Crippen LogP contribution in [0.1, 0.15) is 28.0 Å². The van der Waals surface area contributed by atoms with Crippen molar-refractivity contribution in [3.05, 3.63) is 59.8 Å². The van der Waals surface area contributed by atoms with Crippen LogP contribution in [0.15, 0.2) is 43.0 Å². The number of nitrogens with zero attached hydrogens (tertiary/aromatic N) is 6. The quantitative estimate of drug-likeness (QED) is 0.184. The molecule has 230 valence electrons. The maximum absolute atomic E-state index is 13.7. The summed E-state index contributed by atoms with van der Waals surface area (Å²) < 4.78 is 43.5. The third kappa shape index (κ3) is 7.28. The summed E-state index contributed by atoms with van der Waals surface area (Å²) in [7, 11) is 0. The molecule has 1 saturated heterocycles. The molecular formula is C27H27F3N10O4. The van der Waals surface area contributed by atoms with E-state index in [1.165, 1.54) is 23.0 Å². The first kappa shape index (κ1) is 31.4. The van der Waals surface area contributed by atoms with Gasteiger partial charge in [0.25, 0.3) is 12.4 Å². The SMILES string of the molecule is Cc1cc(Nc2nccn3c(-c4cn(CC#N)nc4C(F)(F)F)cnc23)ccc1C(=O)NCC(=O)N[C@@H]1CCNC1.O=CO. The van der Waals surface area contributed by atoms with Crippen molar-refractivity contribution in [2.45, 2.75) is 32.1 Å². The van der Waals surface area contributed by atoms with E-state index in [9.17, 15) is 22.8 Å². The molecule has 2 amide bonds. The van der Waals surface area contributed by atoms with E-state index < -0.39 is 17.8 Å². The second-order valence-electron chi connectivity index (χ2n) is 9.56. The molecule has 44 heavy (non-hydrogen) atoms. The van der Waals surface area contributed by atoms with Gasteiger partial charge in [0.15, 0.2) is 17.2 Å². The van der Waals surface area contributed by atoms with Gasteiger partial charge in [-0.25, -0.2) is 9.97 Å². The number of amides is 2. The Morgan fingerprint density at radius 2 is 2.07 bits per heavy atom. The summed E-state index contributed by atoms with van der Waals surface area (Å²) in [4.78, 5) is 41.7. The predicted molar refractivity (Wildman–Crippen MR) is 150 cm³/mol. The molecule has 3 aromatic heterocycles. The Labute approximate surface area is 247 Å². The first-order valence-electron chi connectivity index (χ1n) is 13.1. The van der Waals surface area contributed by atoms with Gasteiger partial charge in [-0.15, -0.1) is 0 Å². The summed E-state index contributed by atoms with van der Waals surface area (Å²) in [6.45, 7) is 2.55. The highest BCUT2D eigenvalue weighted by Gasteiger charge is 2.38. The van der Waals surface area contributed by atoms with Crippen molar-refractivity contribution in [1.82, 2.24) is 40.1 Å². The summed E-state index contributed by atoms with van der Waals surface area (Å²) in [5, 5.41) is 31.1. The van der Waals surface area contributed by atoms with Gasteiger partial charge in [-0.3, -0.25) is 23.5 Å². The van der Waals surface area contributed by atoms with Crippen molar-refractivity contribution < 1.29 is 32.7 Å². The zero-order chi connectivity index (χ0) is 31.9. The first-order valence-corrected chi connectivity index (χ1v) is 13.1. The Bertz CT molecular complexity index is 1700. The van der Waals surface area contributed by atoms with E-state index in [4.69, 9.17) is 15.2 Å². The minimum Gasteiger partial charge on any atom is -0.483 e. The maximum Gasteiger partial charge on any atom is 0.435 e. The lowest BCUT2D eigenvalue weighted by molar-refractivity contribution is -0.141. The fraction of sp³-hybridized carbons (Fsp3) is 0.296. The van der Waals surface area contributed by atoms with Gasteiger partial charge < -0.3 is 26.4 Å². The van der Waals surface area contributed by atoms with Crippen molar-refractivity contribution in [3.63, 3.8) is 0 Å². The number of anilines is 2. The molecule has 1 aliphatic rings. The number of aryl methyl sites for hydroxylation is 1. The number of aromatic nitrogens is 5. The summed E-state index contributed by atoms with van der Waals surface area (Å²) in [5.74, 6) is -0.392.